The number of likely N-dealkylation sites (N-methyl/N-ethyl adjacent to an activating group) is 1. The second kappa shape index (κ2) is 8.86. The Morgan fingerprint density at radius 3 is 2.88 bits per heavy atom. The van der Waals surface area contributed by atoms with Gasteiger partial charge in [-0.3, -0.25) is 4.90 Å². The number of piperidine rings is 1. The first-order valence-corrected chi connectivity index (χ1v) is 6.87. The van der Waals surface area contributed by atoms with Gasteiger partial charge in [0.15, 0.2) is 0 Å². The minimum atomic E-state index is 0.412. The van der Waals surface area contributed by atoms with Crippen LogP contribution >= 0.6 is 0 Å². The van der Waals surface area contributed by atoms with Gasteiger partial charge in [-0.05, 0) is 32.9 Å². The Balaban J connectivity index is 2.41. The van der Waals surface area contributed by atoms with E-state index in [2.05, 4.69) is 24.1 Å². The third-order valence-corrected chi connectivity index (χ3v) is 3.32. The molecule has 0 saturated carbocycles. The summed E-state index contributed by atoms with van der Waals surface area (Å²) >= 11 is 0. The molecule has 0 aromatic heterocycles. The number of hydrogen-bond donors (Lipinski definition) is 1. The molecule has 1 heterocycles. The molecule has 1 aliphatic heterocycles. The van der Waals surface area contributed by atoms with Gasteiger partial charge in [-0.2, -0.15) is 0 Å². The Morgan fingerprint density at radius 2 is 2.24 bits per heavy atom. The van der Waals surface area contributed by atoms with Crippen LogP contribution in [0.4, 0.5) is 0 Å². The Bertz CT molecular complexity index is 188. The molecule has 0 aliphatic carbocycles. The molecule has 17 heavy (non-hydrogen) atoms. The molecule has 102 valence electrons. The van der Waals surface area contributed by atoms with E-state index in [4.69, 9.17) is 9.47 Å². The van der Waals surface area contributed by atoms with E-state index in [-0.39, 0.29) is 0 Å². The maximum atomic E-state index is 5.74. The van der Waals surface area contributed by atoms with Crippen LogP contribution in [0.1, 0.15) is 26.7 Å². The number of rotatable bonds is 8. The van der Waals surface area contributed by atoms with E-state index in [0.29, 0.717) is 12.1 Å². The second-order valence-electron chi connectivity index (χ2n) is 4.63. The normalized spacial score (nSPS) is 23.8. The van der Waals surface area contributed by atoms with Gasteiger partial charge >= 0.3 is 0 Å². The van der Waals surface area contributed by atoms with Gasteiger partial charge in [-0.25, -0.2) is 0 Å². The van der Waals surface area contributed by atoms with Gasteiger partial charge in [-0.15, -0.1) is 0 Å². The van der Waals surface area contributed by atoms with Crippen molar-refractivity contribution < 1.29 is 9.47 Å². The summed E-state index contributed by atoms with van der Waals surface area (Å²) in [7, 11) is 1.78. The highest BCUT2D eigenvalue weighted by Crippen LogP contribution is 2.15. The van der Waals surface area contributed by atoms with E-state index < -0.39 is 0 Å². The summed E-state index contributed by atoms with van der Waals surface area (Å²) in [5.74, 6) is 0. The number of nitrogens with one attached hydrogen (secondary N) is 1. The summed E-state index contributed by atoms with van der Waals surface area (Å²) in [6.07, 6.45) is 2.84. The van der Waals surface area contributed by atoms with Crippen LogP contribution in [0, 0.1) is 0 Å². The van der Waals surface area contributed by atoms with Crippen LogP contribution in [-0.4, -0.2) is 63.5 Å². The largest absolute Gasteiger partial charge is 0.383 e. The van der Waals surface area contributed by atoms with Gasteiger partial charge in [-0.1, -0.05) is 6.92 Å². The van der Waals surface area contributed by atoms with Crippen molar-refractivity contribution in [3.8, 4) is 0 Å². The molecule has 0 amide bonds. The third-order valence-electron chi connectivity index (χ3n) is 3.32. The fourth-order valence-corrected chi connectivity index (χ4v) is 2.47. The molecular weight excluding hydrogens is 216 g/mol. The second-order valence-corrected chi connectivity index (χ2v) is 4.63. The highest BCUT2D eigenvalue weighted by atomic mass is 16.5. The maximum Gasteiger partial charge on any atom is 0.0702 e. The zero-order valence-corrected chi connectivity index (χ0v) is 11.6. The van der Waals surface area contributed by atoms with Crippen LogP contribution in [0.15, 0.2) is 0 Å². The number of ether oxygens (including phenoxy) is 2. The lowest BCUT2D eigenvalue weighted by molar-refractivity contribution is -0.0190. The predicted molar refractivity (Wildman–Crippen MR) is 70.4 cm³/mol. The lowest BCUT2D eigenvalue weighted by atomic mass is 10.1. The highest BCUT2D eigenvalue weighted by molar-refractivity contribution is 4.81. The molecule has 0 radical (unpaired) electrons. The van der Waals surface area contributed by atoms with Crippen molar-refractivity contribution in [1.29, 1.82) is 0 Å². The SMILES string of the molecule is CCNCC(COC)N1CCCC(OCC)C1. The van der Waals surface area contributed by atoms with Crippen LogP contribution in [0.3, 0.4) is 0 Å². The smallest absolute Gasteiger partial charge is 0.0702 e. The number of hydrogen-bond acceptors (Lipinski definition) is 4. The van der Waals surface area contributed by atoms with Crippen molar-refractivity contribution in [3.05, 3.63) is 0 Å². The number of methoxy groups -OCH3 is 1. The van der Waals surface area contributed by atoms with Crippen molar-refractivity contribution in [1.82, 2.24) is 10.2 Å². The zero-order chi connectivity index (χ0) is 12.5. The first-order valence-electron chi connectivity index (χ1n) is 6.87. The summed E-state index contributed by atoms with van der Waals surface area (Å²) in [4.78, 5) is 2.51. The van der Waals surface area contributed by atoms with Gasteiger partial charge in [0.05, 0.1) is 12.7 Å². The molecule has 1 aliphatic rings. The van der Waals surface area contributed by atoms with Gasteiger partial charge in [0.2, 0.25) is 0 Å². The van der Waals surface area contributed by atoms with E-state index in [1.54, 1.807) is 7.11 Å². The lowest BCUT2D eigenvalue weighted by Gasteiger charge is -2.37. The van der Waals surface area contributed by atoms with Gasteiger partial charge < -0.3 is 14.8 Å². The molecule has 2 atom stereocenters. The van der Waals surface area contributed by atoms with E-state index >= 15 is 0 Å². The minimum Gasteiger partial charge on any atom is -0.383 e. The molecule has 1 rings (SSSR count). The van der Waals surface area contributed by atoms with Crippen molar-refractivity contribution in [3.63, 3.8) is 0 Å². The van der Waals surface area contributed by atoms with Crippen LogP contribution in [0.2, 0.25) is 0 Å². The molecule has 1 saturated heterocycles. The summed E-state index contributed by atoms with van der Waals surface area (Å²) in [5.41, 5.74) is 0. The van der Waals surface area contributed by atoms with Crippen molar-refractivity contribution in [2.75, 3.05) is 46.5 Å². The third kappa shape index (κ3) is 5.34. The van der Waals surface area contributed by atoms with Crippen molar-refractivity contribution in [2.24, 2.45) is 0 Å². The average Bonchev–Trinajstić information content (AvgIpc) is 2.35. The number of nitrogens with zero attached hydrogens (tertiary/aromatic N) is 1. The molecule has 0 bridgehead atoms. The van der Waals surface area contributed by atoms with E-state index in [1.807, 2.05) is 0 Å². The standard InChI is InChI=1S/C13H28N2O2/c1-4-14-9-12(11-16-3)15-8-6-7-13(10-15)17-5-2/h12-14H,4-11H2,1-3H3. The van der Waals surface area contributed by atoms with Crippen LogP contribution in [0.25, 0.3) is 0 Å². The summed E-state index contributed by atoms with van der Waals surface area (Å²) in [6, 6.07) is 0.475. The van der Waals surface area contributed by atoms with Gasteiger partial charge in [0, 0.05) is 32.8 Å². The van der Waals surface area contributed by atoms with E-state index in [0.717, 1.165) is 32.8 Å². The van der Waals surface area contributed by atoms with Gasteiger partial charge in [0.1, 0.15) is 0 Å². The molecule has 1 fully saturated rings. The molecule has 0 spiro atoms. The lowest BCUT2D eigenvalue weighted by Crippen LogP contribution is -2.51. The summed E-state index contributed by atoms with van der Waals surface area (Å²) in [5, 5.41) is 3.41. The highest BCUT2D eigenvalue weighted by Gasteiger charge is 2.25. The number of likely N-dealkylation sites (tertiary alicyclic amines) is 1. The Labute approximate surface area is 106 Å². The molecule has 0 aromatic carbocycles. The van der Waals surface area contributed by atoms with Crippen LogP contribution < -0.4 is 5.32 Å². The fourth-order valence-electron chi connectivity index (χ4n) is 2.47. The average molecular weight is 244 g/mol. The molecular formula is C13H28N2O2. The first-order chi connectivity index (χ1) is 8.31. The molecule has 1 N–H and O–H groups in total. The summed E-state index contributed by atoms with van der Waals surface area (Å²) < 4.78 is 11.1. The summed E-state index contributed by atoms with van der Waals surface area (Å²) in [6.45, 7) is 10.1. The van der Waals surface area contributed by atoms with E-state index in [9.17, 15) is 0 Å². The monoisotopic (exact) mass is 244 g/mol. The maximum absolute atomic E-state index is 5.74. The zero-order valence-electron chi connectivity index (χ0n) is 11.6. The Kier molecular flexibility index (Phi) is 7.77. The molecule has 4 nitrogen and oxygen atoms in total. The fraction of sp³-hybridized carbons (Fsp3) is 1.00. The minimum absolute atomic E-state index is 0.412. The van der Waals surface area contributed by atoms with Crippen molar-refractivity contribution in [2.45, 2.75) is 38.8 Å². The Hall–Kier alpha value is -0.160. The molecule has 4 heteroatoms. The van der Waals surface area contributed by atoms with E-state index in [1.165, 1.54) is 19.4 Å². The Morgan fingerprint density at radius 1 is 1.41 bits per heavy atom. The van der Waals surface area contributed by atoms with Gasteiger partial charge in [0.25, 0.3) is 0 Å². The topological polar surface area (TPSA) is 33.7 Å². The predicted octanol–water partition coefficient (Wildman–Crippen LogP) is 1.11. The van der Waals surface area contributed by atoms with Crippen LogP contribution in [0.5, 0.6) is 0 Å². The van der Waals surface area contributed by atoms with Crippen molar-refractivity contribution >= 4 is 0 Å². The molecule has 0 aromatic rings. The first kappa shape index (κ1) is 14.9. The quantitative estimate of drug-likeness (QED) is 0.693. The van der Waals surface area contributed by atoms with Crippen LogP contribution in [-0.2, 0) is 9.47 Å². The molecule has 2 unspecified atom stereocenters.